The summed E-state index contributed by atoms with van der Waals surface area (Å²) in [5, 5.41) is 3.59. The molecule has 0 bridgehead atoms. The number of anilines is 1. The lowest BCUT2D eigenvalue weighted by Crippen LogP contribution is -2.38. The van der Waals surface area contributed by atoms with Gasteiger partial charge >= 0.3 is 0 Å². The zero-order valence-corrected chi connectivity index (χ0v) is 13.7. The van der Waals surface area contributed by atoms with Gasteiger partial charge in [-0.3, -0.25) is 0 Å². The topological polar surface area (TPSA) is 46.0 Å². The van der Waals surface area contributed by atoms with Crippen molar-refractivity contribution in [2.45, 2.75) is 38.3 Å². The average molecular weight is 299 g/mol. The Morgan fingerprint density at radius 1 is 1.32 bits per heavy atom. The fourth-order valence-corrected chi connectivity index (χ4v) is 3.16. The van der Waals surface area contributed by atoms with E-state index in [-0.39, 0.29) is 0 Å². The van der Waals surface area contributed by atoms with Crippen molar-refractivity contribution in [3.63, 3.8) is 0 Å². The summed E-state index contributed by atoms with van der Waals surface area (Å²) in [5.74, 6) is 1.99. The van der Waals surface area contributed by atoms with E-state index in [0.717, 1.165) is 30.2 Å². The minimum Gasteiger partial charge on any atom is -0.363 e. The second-order valence-electron chi connectivity index (χ2n) is 6.20. The quantitative estimate of drug-likeness (QED) is 0.943. The van der Waals surface area contributed by atoms with Gasteiger partial charge in [0.1, 0.15) is 11.6 Å². The molecule has 0 saturated carbocycles. The van der Waals surface area contributed by atoms with Crippen LogP contribution in [0.1, 0.15) is 32.2 Å². The Morgan fingerprint density at radius 2 is 2.18 bits per heavy atom. The van der Waals surface area contributed by atoms with E-state index in [9.17, 15) is 0 Å². The Morgan fingerprint density at radius 3 is 2.86 bits per heavy atom. The molecular weight excluding hydrogens is 274 g/mol. The predicted octanol–water partition coefficient (Wildman–Crippen LogP) is 2.71. The summed E-state index contributed by atoms with van der Waals surface area (Å²) >= 11 is 0. The molecule has 1 N–H and O–H groups in total. The maximum atomic E-state index is 4.58. The average Bonchev–Trinajstić information content (AvgIpc) is 3.04. The molecule has 0 radical (unpaired) electrons. The molecule has 2 aromatic rings. The largest absolute Gasteiger partial charge is 0.363 e. The molecule has 2 aromatic heterocycles. The Balaban J connectivity index is 1.85. The Labute approximate surface area is 132 Å². The van der Waals surface area contributed by atoms with Crippen LogP contribution in [0.25, 0.3) is 11.4 Å². The van der Waals surface area contributed by atoms with Crippen LogP contribution < -0.4 is 10.2 Å². The second kappa shape index (κ2) is 6.48. The summed E-state index contributed by atoms with van der Waals surface area (Å²) in [7, 11) is 4.01. The highest BCUT2D eigenvalue weighted by Crippen LogP contribution is 2.28. The monoisotopic (exact) mass is 299 g/mol. The zero-order chi connectivity index (χ0) is 15.5. The molecule has 0 amide bonds. The molecule has 0 aliphatic carbocycles. The van der Waals surface area contributed by atoms with Crippen molar-refractivity contribution in [3.05, 3.63) is 30.7 Å². The highest BCUT2D eigenvalue weighted by Gasteiger charge is 2.23. The Hall–Kier alpha value is -1.88. The lowest BCUT2D eigenvalue weighted by molar-refractivity contribution is 0.297. The lowest BCUT2D eigenvalue weighted by Gasteiger charge is -2.31. The fourth-order valence-electron chi connectivity index (χ4n) is 3.16. The number of nitrogens with zero attached hydrogens (tertiary/aromatic N) is 4. The number of hydrogen-bond acceptors (Lipinski definition) is 4. The minimum atomic E-state index is 0.525. The van der Waals surface area contributed by atoms with Crippen LogP contribution in [0.5, 0.6) is 0 Å². The first-order valence-corrected chi connectivity index (χ1v) is 8.09. The zero-order valence-electron chi connectivity index (χ0n) is 13.7. The van der Waals surface area contributed by atoms with Gasteiger partial charge in [-0.1, -0.05) is 6.92 Å². The standard InChI is InChI=1S/C17H25N5/c1-4-14-11-15(7-8-18-14)22-10-9-19-17(22)13-5-6-16(20-12-13)21(2)3/h5-6,9-10,12,14-15,18H,4,7-8,11H2,1-3H3/t14-,15-/m1/s1. The number of imidazole rings is 1. The van der Waals surface area contributed by atoms with Crippen molar-refractivity contribution in [1.82, 2.24) is 19.9 Å². The van der Waals surface area contributed by atoms with Gasteiger partial charge in [0.2, 0.25) is 0 Å². The number of piperidine rings is 1. The predicted molar refractivity (Wildman–Crippen MR) is 90.1 cm³/mol. The van der Waals surface area contributed by atoms with E-state index < -0.39 is 0 Å². The van der Waals surface area contributed by atoms with Crippen LogP contribution in [0.2, 0.25) is 0 Å². The summed E-state index contributed by atoms with van der Waals surface area (Å²) in [4.78, 5) is 11.1. The molecule has 22 heavy (non-hydrogen) atoms. The van der Waals surface area contributed by atoms with E-state index in [4.69, 9.17) is 0 Å². The van der Waals surface area contributed by atoms with Gasteiger partial charge in [-0.15, -0.1) is 0 Å². The SMILES string of the molecule is CC[C@@H]1C[C@H](n2ccnc2-c2ccc(N(C)C)nc2)CCN1. The molecule has 5 heteroatoms. The first-order valence-electron chi connectivity index (χ1n) is 8.09. The molecule has 2 atom stereocenters. The van der Waals surface area contributed by atoms with E-state index in [2.05, 4.69) is 39.0 Å². The normalized spacial score (nSPS) is 21.8. The lowest BCUT2D eigenvalue weighted by atomic mass is 9.97. The van der Waals surface area contributed by atoms with Crippen molar-refractivity contribution < 1.29 is 0 Å². The first-order chi connectivity index (χ1) is 10.7. The van der Waals surface area contributed by atoms with Crippen LogP contribution in [-0.4, -0.2) is 41.2 Å². The van der Waals surface area contributed by atoms with Crippen LogP contribution >= 0.6 is 0 Å². The van der Waals surface area contributed by atoms with Crippen molar-refractivity contribution in [2.24, 2.45) is 0 Å². The molecule has 0 unspecified atom stereocenters. The third kappa shape index (κ3) is 2.99. The van der Waals surface area contributed by atoms with E-state index in [1.807, 2.05) is 37.5 Å². The summed E-state index contributed by atoms with van der Waals surface area (Å²) in [6.07, 6.45) is 9.44. The van der Waals surface area contributed by atoms with Crippen molar-refractivity contribution >= 4 is 5.82 Å². The number of hydrogen-bond donors (Lipinski definition) is 1. The van der Waals surface area contributed by atoms with E-state index >= 15 is 0 Å². The number of aromatic nitrogens is 3. The molecule has 0 aromatic carbocycles. The maximum Gasteiger partial charge on any atom is 0.141 e. The van der Waals surface area contributed by atoms with Gasteiger partial charge in [0, 0.05) is 50.3 Å². The van der Waals surface area contributed by atoms with E-state index in [1.54, 1.807) is 0 Å². The number of rotatable bonds is 4. The number of pyridine rings is 1. The summed E-state index contributed by atoms with van der Waals surface area (Å²) < 4.78 is 2.33. The first kappa shape index (κ1) is 15.0. The molecular formula is C17H25N5. The Bertz CT molecular complexity index is 602. The van der Waals surface area contributed by atoms with Crippen molar-refractivity contribution in [2.75, 3.05) is 25.5 Å². The Kier molecular flexibility index (Phi) is 4.43. The maximum absolute atomic E-state index is 4.58. The molecule has 1 saturated heterocycles. The summed E-state index contributed by atoms with van der Waals surface area (Å²) in [6.45, 7) is 3.33. The van der Waals surface area contributed by atoms with Gasteiger partial charge in [0.25, 0.3) is 0 Å². The minimum absolute atomic E-state index is 0.525. The van der Waals surface area contributed by atoms with Gasteiger partial charge < -0.3 is 14.8 Å². The summed E-state index contributed by atoms with van der Waals surface area (Å²) in [6, 6.07) is 5.30. The van der Waals surface area contributed by atoms with E-state index in [1.165, 1.54) is 12.8 Å². The van der Waals surface area contributed by atoms with Gasteiger partial charge in [-0.05, 0) is 37.9 Å². The van der Waals surface area contributed by atoms with Crippen LogP contribution in [0, 0.1) is 0 Å². The van der Waals surface area contributed by atoms with Crippen LogP contribution in [0.3, 0.4) is 0 Å². The van der Waals surface area contributed by atoms with Crippen molar-refractivity contribution in [1.29, 1.82) is 0 Å². The van der Waals surface area contributed by atoms with Gasteiger partial charge in [-0.2, -0.15) is 0 Å². The fraction of sp³-hybridized carbons (Fsp3) is 0.529. The molecule has 1 fully saturated rings. The van der Waals surface area contributed by atoms with Crippen LogP contribution in [0.4, 0.5) is 5.82 Å². The molecule has 3 heterocycles. The molecule has 1 aliphatic rings. The molecule has 1 aliphatic heterocycles. The summed E-state index contributed by atoms with van der Waals surface area (Å²) in [5.41, 5.74) is 1.09. The highest BCUT2D eigenvalue weighted by atomic mass is 15.1. The van der Waals surface area contributed by atoms with Gasteiger partial charge in [0.15, 0.2) is 0 Å². The molecule has 0 spiro atoms. The second-order valence-corrected chi connectivity index (χ2v) is 6.20. The van der Waals surface area contributed by atoms with Crippen LogP contribution in [-0.2, 0) is 0 Å². The molecule has 118 valence electrons. The third-order valence-corrected chi connectivity index (χ3v) is 4.49. The van der Waals surface area contributed by atoms with Gasteiger partial charge in [0.05, 0.1) is 0 Å². The van der Waals surface area contributed by atoms with Crippen molar-refractivity contribution in [3.8, 4) is 11.4 Å². The van der Waals surface area contributed by atoms with Gasteiger partial charge in [-0.25, -0.2) is 9.97 Å². The smallest absolute Gasteiger partial charge is 0.141 e. The highest BCUT2D eigenvalue weighted by molar-refractivity contribution is 5.57. The van der Waals surface area contributed by atoms with Crippen LogP contribution in [0.15, 0.2) is 30.7 Å². The number of nitrogens with one attached hydrogen (secondary N) is 1. The molecule has 3 rings (SSSR count). The van der Waals surface area contributed by atoms with E-state index in [0.29, 0.717) is 12.1 Å². The molecule has 5 nitrogen and oxygen atoms in total. The third-order valence-electron chi connectivity index (χ3n) is 4.49.